The van der Waals surface area contributed by atoms with Gasteiger partial charge >= 0.3 is 0 Å². The lowest BCUT2D eigenvalue weighted by Gasteiger charge is -2.35. The number of amides is 2. The third-order valence-corrected chi connectivity index (χ3v) is 6.75. The van der Waals surface area contributed by atoms with Gasteiger partial charge in [0.05, 0.1) is 16.8 Å². The Morgan fingerprint density at radius 1 is 1.32 bits per heavy atom. The normalized spacial score (nSPS) is 18.3. The maximum Gasteiger partial charge on any atom is 0.255 e. The van der Waals surface area contributed by atoms with Crippen molar-refractivity contribution in [1.82, 2.24) is 16.0 Å². The van der Waals surface area contributed by atoms with Crippen molar-refractivity contribution in [2.75, 3.05) is 31.6 Å². The van der Waals surface area contributed by atoms with Crippen LogP contribution in [0.15, 0.2) is 47.4 Å². The molecule has 1 aromatic rings. The molecule has 1 saturated heterocycles. The molecule has 0 aromatic heterocycles. The standard InChI is InChI=1S/C26H35FN6O4/c1-16(34)23(35)22-20(27)5-4-6-21(22)33-11-7-18(8-12-33)14-31-25(37)26(9-10-26)32-24(36)19(13-28)15-30-17(2)29-3/h4-6,13,15-16,18,29,34H,2,7-12,14,28H2,1,3H3,(H,31,37)(H,32,36)/b19-13+,30-15?. The number of rotatable bonds is 11. The van der Waals surface area contributed by atoms with E-state index in [4.69, 9.17) is 5.73 Å². The molecule has 1 saturated carbocycles. The van der Waals surface area contributed by atoms with Gasteiger partial charge in [0.1, 0.15) is 23.3 Å². The number of hydrogen-bond donors (Lipinski definition) is 5. The number of nitrogens with two attached hydrogens (primary N) is 1. The molecule has 10 nitrogen and oxygen atoms in total. The summed E-state index contributed by atoms with van der Waals surface area (Å²) in [6.07, 6.45) is 3.63. The Bertz CT molecular complexity index is 1100. The Morgan fingerprint density at radius 3 is 2.57 bits per heavy atom. The molecule has 2 aliphatic rings. The van der Waals surface area contributed by atoms with Crippen LogP contribution in [0.4, 0.5) is 10.1 Å². The molecule has 2 amide bonds. The highest BCUT2D eigenvalue weighted by Gasteiger charge is 2.51. The SMILES string of the molecule is C=C(N=C/C(=C\N)C(=O)NC1(C(=O)NCC2CCN(c3cccc(F)c3C(=O)C(C)O)CC2)CC1)NC. The topological polar surface area (TPSA) is 149 Å². The second-order valence-electron chi connectivity index (χ2n) is 9.43. The first-order valence-electron chi connectivity index (χ1n) is 12.3. The van der Waals surface area contributed by atoms with Crippen LogP contribution in [-0.2, 0) is 9.59 Å². The summed E-state index contributed by atoms with van der Waals surface area (Å²) in [5, 5.41) is 18.2. The number of aliphatic hydroxyl groups excluding tert-OH is 1. The van der Waals surface area contributed by atoms with E-state index in [0.717, 1.165) is 19.0 Å². The summed E-state index contributed by atoms with van der Waals surface area (Å²) in [4.78, 5) is 43.8. The minimum atomic E-state index is -1.30. The smallest absolute Gasteiger partial charge is 0.255 e. The van der Waals surface area contributed by atoms with Crippen LogP contribution < -0.4 is 26.6 Å². The zero-order chi connectivity index (χ0) is 27.2. The minimum Gasteiger partial charge on any atom is -0.404 e. The first-order valence-corrected chi connectivity index (χ1v) is 12.3. The molecule has 1 aromatic carbocycles. The number of carbonyl (C=O) groups is 3. The van der Waals surface area contributed by atoms with Crippen molar-refractivity contribution < 1.29 is 23.9 Å². The molecule has 3 rings (SSSR count). The fourth-order valence-electron chi connectivity index (χ4n) is 4.23. The molecule has 1 heterocycles. The van der Waals surface area contributed by atoms with Crippen molar-refractivity contribution >= 4 is 29.5 Å². The molecule has 2 fully saturated rings. The van der Waals surface area contributed by atoms with Crippen molar-refractivity contribution in [2.24, 2.45) is 16.6 Å². The van der Waals surface area contributed by atoms with E-state index < -0.39 is 29.2 Å². The van der Waals surface area contributed by atoms with E-state index in [-0.39, 0.29) is 23.0 Å². The number of hydrogen-bond acceptors (Lipinski definition) is 8. The molecule has 0 spiro atoms. The zero-order valence-corrected chi connectivity index (χ0v) is 21.2. The fourth-order valence-corrected chi connectivity index (χ4v) is 4.23. The van der Waals surface area contributed by atoms with Gasteiger partial charge in [0, 0.05) is 39.1 Å². The Morgan fingerprint density at radius 2 is 2.00 bits per heavy atom. The van der Waals surface area contributed by atoms with E-state index in [2.05, 4.69) is 27.5 Å². The summed E-state index contributed by atoms with van der Waals surface area (Å²) >= 11 is 0. The van der Waals surface area contributed by atoms with Gasteiger partial charge in [-0.25, -0.2) is 9.38 Å². The number of ketones is 1. The first kappa shape index (κ1) is 27.9. The maximum absolute atomic E-state index is 14.4. The summed E-state index contributed by atoms with van der Waals surface area (Å²) in [5.74, 6) is -1.49. The van der Waals surface area contributed by atoms with E-state index >= 15 is 0 Å². The number of aliphatic imine (C=N–C) groups is 1. The number of nitrogens with zero attached hydrogens (tertiary/aromatic N) is 2. The van der Waals surface area contributed by atoms with Crippen LogP contribution in [0.5, 0.6) is 0 Å². The quantitative estimate of drug-likeness (QED) is 0.168. The highest BCUT2D eigenvalue weighted by atomic mass is 19.1. The highest BCUT2D eigenvalue weighted by Crippen LogP contribution is 2.36. The average molecular weight is 515 g/mol. The largest absolute Gasteiger partial charge is 0.404 e. The van der Waals surface area contributed by atoms with Crippen molar-refractivity contribution in [1.29, 1.82) is 0 Å². The van der Waals surface area contributed by atoms with Crippen molar-refractivity contribution in [3.8, 4) is 0 Å². The van der Waals surface area contributed by atoms with E-state index in [9.17, 15) is 23.9 Å². The Kier molecular flexibility index (Phi) is 9.04. The predicted octanol–water partition coefficient (Wildman–Crippen LogP) is 0.975. The van der Waals surface area contributed by atoms with Gasteiger partial charge in [-0.15, -0.1) is 0 Å². The second kappa shape index (κ2) is 12.0. The van der Waals surface area contributed by atoms with Gasteiger partial charge < -0.3 is 31.7 Å². The molecule has 6 N–H and O–H groups in total. The van der Waals surface area contributed by atoms with Crippen molar-refractivity contribution in [2.45, 2.75) is 44.2 Å². The van der Waals surface area contributed by atoms with Crippen LogP contribution in [0, 0.1) is 11.7 Å². The summed E-state index contributed by atoms with van der Waals surface area (Å²) in [6.45, 7) is 6.57. The molecule has 1 aliphatic heterocycles. The van der Waals surface area contributed by atoms with Gasteiger partial charge in [-0.3, -0.25) is 14.4 Å². The third-order valence-electron chi connectivity index (χ3n) is 6.75. The molecule has 1 aliphatic carbocycles. The minimum absolute atomic E-state index is 0.0955. The molecule has 200 valence electrons. The summed E-state index contributed by atoms with van der Waals surface area (Å²) in [7, 11) is 1.65. The van der Waals surface area contributed by atoms with Crippen LogP contribution in [0.1, 0.15) is 43.0 Å². The third kappa shape index (κ3) is 6.73. The number of carbonyl (C=O) groups excluding carboxylic acids is 3. The molecule has 1 unspecified atom stereocenters. The summed E-state index contributed by atoms with van der Waals surface area (Å²) < 4.78 is 14.4. The van der Waals surface area contributed by atoms with E-state index in [1.54, 1.807) is 19.2 Å². The molecule has 0 bridgehead atoms. The number of benzene rings is 1. The number of halogens is 1. The van der Waals surface area contributed by atoms with Crippen LogP contribution in [0.3, 0.4) is 0 Å². The van der Waals surface area contributed by atoms with Crippen LogP contribution in [0.25, 0.3) is 0 Å². The lowest BCUT2D eigenvalue weighted by molar-refractivity contribution is -0.128. The average Bonchev–Trinajstić information content (AvgIpc) is 3.67. The number of nitrogens with one attached hydrogen (secondary N) is 3. The van der Waals surface area contributed by atoms with Gasteiger partial charge in [0.15, 0.2) is 5.78 Å². The lowest BCUT2D eigenvalue weighted by atomic mass is 9.94. The summed E-state index contributed by atoms with van der Waals surface area (Å²) in [5.41, 5.74) is 5.09. The van der Waals surface area contributed by atoms with Crippen LogP contribution in [0.2, 0.25) is 0 Å². The predicted molar refractivity (Wildman–Crippen MR) is 139 cm³/mol. The molecular weight excluding hydrogens is 479 g/mol. The van der Waals surface area contributed by atoms with Gasteiger partial charge in [0.25, 0.3) is 5.91 Å². The van der Waals surface area contributed by atoms with Crippen molar-refractivity contribution in [3.63, 3.8) is 0 Å². The van der Waals surface area contributed by atoms with Gasteiger partial charge in [-0.2, -0.15) is 0 Å². The maximum atomic E-state index is 14.4. The molecule has 11 heteroatoms. The molecule has 0 radical (unpaired) electrons. The monoisotopic (exact) mass is 514 g/mol. The summed E-state index contributed by atoms with van der Waals surface area (Å²) in [6, 6.07) is 4.45. The highest BCUT2D eigenvalue weighted by molar-refractivity contribution is 6.14. The number of aliphatic hydroxyl groups is 1. The van der Waals surface area contributed by atoms with Gasteiger partial charge in [-0.1, -0.05) is 12.6 Å². The van der Waals surface area contributed by atoms with Crippen LogP contribution in [-0.4, -0.2) is 67.2 Å². The first-order chi connectivity index (χ1) is 17.6. The Hall–Kier alpha value is -3.73. The van der Waals surface area contributed by atoms with Crippen molar-refractivity contribution in [3.05, 3.63) is 53.8 Å². The molecular formula is C26H35FN6O4. The van der Waals surface area contributed by atoms with E-state index in [1.165, 1.54) is 19.2 Å². The van der Waals surface area contributed by atoms with Crippen LogP contribution >= 0.6 is 0 Å². The number of piperidine rings is 1. The van der Waals surface area contributed by atoms with E-state index in [0.29, 0.717) is 44.0 Å². The van der Waals surface area contributed by atoms with Gasteiger partial charge in [0.2, 0.25) is 5.91 Å². The van der Waals surface area contributed by atoms with E-state index in [1.807, 2.05) is 4.90 Å². The Labute approximate surface area is 215 Å². The lowest BCUT2D eigenvalue weighted by Crippen LogP contribution is -2.51. The molecule has 37 heavy (non-hydrogen) atoms. The van der Waals surface area contributed by atoms with Gasteiger partial charge in [-0.05, 0) is 50.7 Å². The zero-order valence-electron chi connectivity index (χ0n) is 21.2. The Balaban J connectivity index is 1.53. The molecule has 1 atom stereocenters. The fraction of sp³-hybridized carbons (Fsp3) is 0.462. The number of Topliss-reactive ketones (excluding diaryl/α,β-unsaturated/α-hetero) is 1. The number of anilines is 1. The second-order valence-corrected chi connectivity index (χ2v) is 9.43.